The van der Waals surface area contributed by atoms with Gasteiger partial charge in [0, 0.05) is 12.2 Å². The van der Waals surface area contributed by atoms with Crippen molar-refractivity contribution in [3.05, 3.63) is 30.1 Å². The molecule has 0 bridgehead atoms. The first-order valence-electron chi connectivity index (χ1n) is 6.50. The Kier molecular flexibility index (Phi) is 4.34. The fraction of sp³-hybridized carbons (Fsp3) is 0.429. The van der Waals surface area contributed by atoms with E-state index in [4.69, 9.17) is 5.11 Å². The lowest BCUT2D eigenvalue weighted by Gasteiger charge is -2.23. The highest BCUT2D eigenvalue weighted by molar-refractivity contribution is 5.94. The van der Waals surface area contributed by atoms with Crippen LogP contribution in [-0.4, -0.2) is 41.0 Å². The Bertz CT molecular complexity index is 521. The highest BCUT2D eigenvalue weighted by Gasteiger charge is 2.33. The fourth-order valence-electron chi connectivity index (χ4n) is 2.32. The summed E-state index contributed by atoms with van der Waals surface area (Å²) in [7, 11) is 0. The predicted molar refractivity (Wildman–Crippen MR) is 71.8 cm³/mol. The van der Waals surface area contributed by atoms with E-state index in [1.54, 1.807) is 13.0 Å². The van der Waals surface area contributed by atoms with Crippen molar-refractivity contribution >= 4 is 17.6 Å². The van der Waals surface area contributed by atoms with Gasteiger partial charge in [0.2, 0.25) is 5.91 Å². The second-order valence-electron chi connectivity index (χ2n) is 4.99. The molecule has 5 nitrogen and oxygen atoms in total. The van der Waals surface area contributed by atoms with Crippen LogP contribution in [0.15, 0.2) is 24.3 Å². The topological polar surface area (TPSA) is 69.6 Å². The van der Waals surface area contributed by atoms with Gasteiger partial charge >= 0.3 is 5.97 Å². The molecule has 2 unspecified atom stereocenters. The average Bonchev–Trinajstić information content (AvgIpc) is 2.87. The van der Waals surface area contributed by atoms with Gasteiger partial charge in [-0.2, -0.15) is 0 Å². The Labute approximate surface area is 116 Å². The lowest BCUT2D eigenvalue weighted by Crippen LogP contribution is -2.41. The van der Waals surface area contributed by atoms with Crippen LogP contribution >= 0.6 is 0 Å². The van der Waals surface area contributed by atoms with Gasteiger partial charge < -0.3 is 10.4 Å². The van der Waals surface area contributed by atoms with Crippen LogP contribution in [0.4, 0.5) is 10.1 Å². The zero-order chi connectivity index (χ0) is 14.7. The number of carboxylic acids is 1. The number of anilines is 1. The number of amides is 1. The predicted octanol–water partition coefficient (Wildman–Crippen LogP) is 1.56. The number of likely N-dealkylation sites (tertiary alicyclic amines) is 1. The van der Waals surface area contributed by atoms with E-state index >= 15 is 0 Å². The number of rotatable bonds is 4. The van der Waals surface area contributed by atoms with Crippen molar-refractivity contribution in [2.24, 2.45) is 5.92 Å². The molecule has 0 saturated carbocycles. The number of aliphatic carboxylic acids is 1. The van der Waals surface area contributed by atoms with Gasteiger partial charge in [-0.3, -0.25) is 14.5 Å². The van der Waals surface area contributed by atoms with Crippen LogP contribution in [0.3, 0.4) is 0 Å². The summed E-state index contributed by atoms with van der Waals surface area (Å²) in [4.78, 5) is 24.8. The number of halogens is 1. The molecule has 108 valence electrons. The van der Waals surface area contributed by atoms with E-state index in [-0.39, 0.29) is 5.91 Å². The summed E-state index contributed by atoms with van der Waals surface area (Å²) in [5.41, 5.74) is 0.399. The maximum atomic E-state index is 13.0. The Morgan fingerprint density at radius 1 is 1.50 bits per heavy atom. The third-order valence-electron chi connectivity index (χ3n) is 3.59. The van der Waals surface area contributed by atoms with E-state index in [0.29, 0.717) is 25.2 Å². The second kappa shape index (κ2) is 6.00. The van der Waals surface area contributed by atoms with Gasteiger partial charge in [0.05, 0.1) is 12.0 Å². The Morgan fingerprint density at radius 3 is 2.85 bits per heavy atom. The van der Waals surface area contributed by atoms with E-state index in [2.05, 4.69) is 5.32 Å². The van der Waals surface area contributed by atoms with Crippen LogP contribution in [0.5, 0.6) is 0 Å². The molecule has 2 rings (SSSR count). The smallest absolute Gasteiger partial charge is 0.307 e. The number of benzene rings is 1. The quantitative estimate of drug-likeness (QED) is 0.878. The van der Waals surface area contributed by atoms with Crippen molar-refractivity contribution in [1.29, 1.82) is 0 Å². The molecule has 1 aromatic carbocycles. The van der Waals surface area contributed by atoms with Crippen LogP contribution in [0, 0.1) is 11.7 Å². The summed E-state index contributed by atoms with van der Waals surface area (Å²) in [6.07, 6.45) is 0.549. The van der Waals surface area contributed by atoms with Crippen molar-refractivity contribution in [1.82, 2.24) is 4.90 Å². The molecule has 1 amide bonds. The van der Waals surface area contributed by atoms with E-state index in [1.807, 2.05) is 4.90 Å². The molecule has 0 aromatic heterocycles. The molecule has 1 saturated heterocycles. The molecular weight excluding hydrogens is 263 g/mol. The van der Waals surface area contributed by atoms with Crippen molar-refractivity contribution in [3.8, 4) is 0 Å². The number of hydrogen-bond acceptors (Lipinski definition) is 3. The minimum absolute atomic E-state index is 0.262. The third kappa shape index (κ3) is 3.33. The van der Waals surface area contributed by atoms with E-state index in [0.717, 1.165) is 0 Å². The summed E-state index contributed by atoms with van der Waals surface area (Å²) < 4.78 is 13.0. The van der Waals surface area contributed by atoms with Crippen molar-refractivity contribution in [2.45, 2.75) is 19.4 Å². The molecule has 0 spiro atoms. The highest BCUT2D eigenvalue weighted by Crippen LogP contribution is 2.19. The first-order chi connectivity index (χ1) is 9.47. The van der Waals surface area contributed by atoms with Crippen molar-refractivity contribution < 1.29 is 19.1 Å². The number of nitrogens with zero attached hydrogens (tertiary/aromatic N) is 1. The van der Waals surface area contributed by atoms with Crippen LogP contribution in [0.2, 0.25) is 0 Å². The Hall–Kier alpha value is -1.95. The molecule has 2 atom stereocenters. The minimum atomic E-state index is -0.828. The molecular formula is C14H17FN2O3. The largest absolute Gasteiger partial charge is 0.481 e. The van der Waals surface area contributed by atoms with Crippen LogP contribution in [0.1, 0.15) is 13.3 Å². The Balaban J connectivity index is 1.94. The summed E-state index contributed by atoms with van der Waals surface area (Å²) >= 11 is 0. The van der Waals surface area contributed by atoms with Gasteiger partial charge in [0.15, 0.2) is 0 Å². The zero-order valence-corrected chi connectivity index (χ0v) is 11.2. The summed E-state index contributed by atoms with van der Waals surface area (Å²) in [5, 5.41) is 11.6. The number of nitrogens with one attached hydrogen (secondary N) is 1. The van der Waals surface area contributed by atoms with Gasteiger partial charge in [0.1, 0.15) is 5.82 Å². The first kappa shape index (κ1) is 14.5. The normalized spacial score (nSPS) is 20.6. The monoisotopic (exact) mass is 280 g/mol. The van der Waals surface area contributed by atoms with Gasteiger partial charge in [-0.15, -0.1) is 0 Å². The fourth-order valence-corrected chi connectivity index (χ4v) is 2.32. The van der Waals surface area contributed by atoms with E-state index in [1.165, 1.54) is 18.2 Å². The highest BCUT2D eigenvalue weighted by atomic mass is 19.1. The van der Waals surface area contributed by atoms with Crippen LogP contribution in [-0.2, 0) is 9.59 Å². The lowest BCUT2D eigenvalue weighted by molar-refractivity contribution is -0.141. The standard InChI is InChI=1S/C14H17FN2O3/c1-9(17-6-5-10(8-17)14(19)20)13(18)16-12-4-2-3-11(15)7-12/h2-4,7,9-10H,5-6,8H2,1H3,(H,16,18)(H,19,20). The summed E-state index contributed by atoms with van der Waals surface area (Å²) in [5.74, 6) is -1.92. The summed E-state index contributed by atoms with van der Waals surface area (Å²) in [6, 6.07) is 5.23. The van der Waals surface area contributed by atoms with Crippen molar-refractivity contribution in [3.63, 3.8) is 0 Å². The maximum Gasteiger partial charge on any atom is 0.307 e. The second-order valence-corrected chi connectivity index (χ2v) is 4.99. The molecule has 1 aliphatic rings. The number of hydrogen-bond donors (Lipinski definition) is 2. The van der Waals surface area contributed by atoms with Gasteiger partial charge in [-0.1, -0.05) is 6.07 Å². The van der Waals surface area contributed by atoms with E-state index in [9.17, 15) is 14.0 Å². The van der Waals surface area contributed by atoms with Crippen LogP contribution in [0.25, 0.3) is 0 Å². The third-order valence-corrected chi connectivity index (χ3v) is 3.59. The number of carboxylic acid groups (broad SMARTS) is 1. The number of carbonyl (C=O) groups excluding carboxylic acids is 1. The molecule has 0 aliphatic carbocycles. The minimum Gasteiger partial charge on any atom is -0.481 e. The van der Waals surface area contributed by atoms with Crippen molar-refractivity contribution in [2.75, 3.05) is 18.4 Å². The molecule has 1 aliphatic heterocycles. The first-order valence-corrected chi connectivity index (χ1v) is 6.50. The molecule has 1 heterocycles. The molecule has 0 radical (unpaired) electrons. The average molecular weight is 280 g/mol. The van der Waals surface area contributed by atoms with Gasteiger partial charge in [0.25, 0.3) is 0 Å². The SMILES string of the molecule is CC(C(=O)Nc1cccc(F)c1)N1CCC(C(=O)O)C1. The Morgan fingerprint density at radius 2 is 2.25 bits per heavy atom. The number of carbonyl (C=O) groups is 2. The summed E-state index contributed by atoms with van der Waals surface area (Å²) in [6.45, 7) is 2.67. The van der Waals surface area contributed by atoms with Gasteiger partial charge in [-0.25, -0.2) is 4.39 Å². The molecule has 1 aromatic rings. The maximum absolute atomic E-state index is 13.0. The van der Waals surface area contributed by atoms with E-state index < -0.39 is 23.7 Å². The zero-order valence-electron chi connectivity index (χ0n) is 11.2. The molecule has 1 fully saturated rings. The molecule has 20 heavy (non-hydrogen) atoms. The molecule has 6 heteroatoms. The van der Waals surface area contributed by atoms with Crippen LogP contribution < -0.4 is 5.32 Å². The lowest BCUT2D eigenvalue weighted by atomic mass is 10.1. The molecule has 2 N–H and O–H groups in total. The van der Waals surface area contributed by atoms with Gasteiger partial charge in [-0.05, 0) is 38.1 Å².